The molecule has 0 saturated heterocycles. The van der Waals surface area contributed by atoms with Crippen molar-refractivity contribution >= 4 is 6.09 Å². The Labute approximate surface area is 116 Å². The van der Waals surface area contributed by atoms with Gasteiger partial charge in [-0.15, -0.1) is 0 Å². The van der Waals surface area contributed by atoms with Crippen molar-refractivity contribution in [2.75, 3.05) is 0 Å². The standard InChI is InChI=1S/C16H25NO2/c1-5-9-14(12-13-10-7-6-8-11-13)17-15(18)19-16(2,3)4/h6-8,10-11,14H,5,9,12H2,1-4H3,(H,17,18). The van der Waals surface area contributed by atoms with Crippen LogP contribution in [-0.2, 0) is 11.2 Å². The molecule has 0 fully saturated rings. The maximum atomic E-state index is 11.8. The van der Waals surface area contributed by atoms with Crippen LogP contribution in [0.4, 0.5) is 4.79 Å². The summed E-state index contributed by atoms with van der Waals surface area (Å²) < 4.78 is 5.30. The molecule has 1 aromatic carbocycles. The summed E-state index contributed by atoms with van der Waals surface area (Å²) in [7, 11) is 0. The smallest absolute Gasteiger partial charge is 0.407 e. The highest BCUT2D eigenvalue weighted by Crippen LogP contribution is 2.10. The van der Waals surface area contributed by atoms with Gasteiger partial charge in [0.15, 0.2) is 0 Å². The number of hydrogen-bond donors (Lipinski definition) is 1. The molecule has 1 unspecified atom stereocenters. The maximum Gasteiger partial charge on any atom is 0.407 e. The highest BCUT2D eigenvalue weighted by molar-refractivity contribution is 5.68. The van der Waals surface area contributed by atoms with Crippen molar-refractivity contribution in [1.82, 2.24) is 5.32 Å². The van der Waals surface area contributed by atoms with E-state index in [1.54, 1.807) is 0 Å². The molecule has 0 spiro atoms. The second kappa shape index (κ2) is 7.17. The van der Waals surface area contributed by atoms with Crippen molar-refractivity contribution in [3.63, 3.8) is 0 Å². The summed E-state index contributed by atoms with van der Waals surface area (Å²) in [5.74, 6) is 0. The third-order valence-electron chi connectivity index (χ3n) is 2.68. The summed E-state index contributed by atoms with van der Waals surface area (Å²) in [6, 6.07) is 10.3. The van der Waals surface area contributed by atoms with Crippen LogP contribution in [0.1, 0.15) is 46.1 Å². The number of nitrogens with one attached hydrogen (secondary N) is 1. The molecule has 3 heteroatoms. The molecule has 106 valence electrons. The first-order chi connectivity index (χ1) is 8.90. The van der Waals surface area contributed by atoms with E-state index in [2.05, 4.69) is 24.4 Å². The molecule has 0 aliphatic heterocycles. The molecule has 1 amide bonds. The Morgan fingerprint density at radius 1 is 1.26 bits per heavy atom. The first kappa shape index (κ1) is 15.5. The van der Waals surface area contributed by atoms with Crippen molar-refractivity contribution in [2.45, 2.75) is 58.6 Å². The minimum atomic E-state index is -0.451. The Balaban J connectivity index is 2.55. The van der Waals surface area contributed by atoms with Crippen LogP contribution in [0.2, 0.25) is 0 Å². The monoisotopic (exact) mass is 263 g/mol. The van der Waals surface area contributed by atoms with Crippen molar-refractivity contribution < 1.29 is 9.53 Å². The molecule has 0 aliphatic rings. The summed E-state index contributed by atoms with van der Waals surface area (Å²) >= 11 is 0. The number of carbonyl (C=O) groups is 1. The number of ether oxygens (including phenoxy) is 1. The fourth-order valence-electron chi connectivity index (χ4n) is 1.95. The van der Waals surface area contributed by atoms with Crippen molar-refractivity contribution in [1.29, 1.82) is 0 Å². The van der Waals surface area contributed by atoms with E-state index in [-0.39, 0.29) is 12.1 Å². The number of carbonyl (C=O) groups excluding carboxylic acids is 1. The molecule has 0 saturated carbocycles. The fraction of sp³-hybridized carbons (Fsp3) is 0.562. The molecule has 1 aromatic rings. The van der Waals surface area contributed by atoms with Gasteiger partial charge in [0.25, 0.3) is 0 Å². The van der Waals surface area contributed by atoms with Crippen molar-refractivity contribution in [2.24, 2.45) is 0 Å². The third-order valence-corrected chi connectivity index (χ3v) is 2.68. The quantitative estimate of drug-likeness (QED) is 0.874. The van der Waals surface area contributed by atoms with Crippen LogP contribution in [0.25, 0.3) is 0 Å². The number of amides is 1. The fourth-order valence-corrected chi connectivity index (χ4v) is 1.95. The van der Waals surface area contributed by atoms with E-state index in [1.807, 2.05) is 39.0 Å². The summed E-state index contributed by atoms with van der Waals surface area (Å²) in [6.07, 6.45) is 2.50. The Morgan fingerprint density at radius 2 is 1.89 bits per heavy atom. The lowest BCUT2D eigenvalue weighted by Gasteiger charge is -2.23. The second-order valence-electron chi connectivity index (χ2n) is 5.82. The van der Waals surface area contributed by atoms with Gasteiger partial charge in [-0.2, -0.15) is 0 Å². The maximum absolute atomic E-state index is 11.8. The lowest BCUT2D eigenvalue weighted by Crippen LogP contribution is -2.40. The first-order valence-corrected chi connectivity index (χ1v) is 6.94. The lowest BCUT2D eigenvalue weighted by atomic mass is 10.0. The largest absolute Gasteiger partial charge is 0.444 e. The van der Waals surface area contributed by atoms with Gasteiger partial charge in [0.2, 0.25) is 0 Å². The predicted octanol–water partition coefficient (Wildman–Crippen LogP) is 3.92. The summed E-state index contributed by atoms with van der Waals surface area (Å²) in [4.78, 5) is 11.8. The second-order valence-corrected chi connectivity index (χ2v) is 5.82. The van der Waals surface area contributed by atoms with Crippen LogP contribution in [0.3, 0.4) is 0 Å². The van der Waals surface area contributed by atoms with Crippen LogP contribution in [0.5, 0.6) is 0 Å². The number of hydrogen-bond acceptors (Lipinski definition) is 2. The van der Waals surface area contributed by atoms with Gasteiger partial charge in [-0.25, -0.2) is 4.79 Å². The summed E-state index contributed by atoms with van der Waals surface area (Å²) in [6.45, 7) is 7.74. The van der Waals surface area contributed by atoms with Crippen LogP contribution in [-0.4, -0.2) is 17.7 Å². The number of benzene rings is 1. The molecule has 1 atom stereocenters. The Morgan fingerprint density at radius 3 is 2.42 bits per heavy atom. The van der Waals surface area contributed by atoms with Gasteiger partial charge in [-0.05, 0) is 39.2 Å². The van der Waals surface area contributed by atoms with Gasteiger partial charge in [0, 0.05) is 6.04 Å². The van der Waals surface area contributed by atoms with E-state index in [1.165, 1.54) is 5.56 Å². The Hall–Kier alpha value is -1.51. The molecule has 0 aliphatic carbocycles. The zero-order valence-corrected chi connectivity index (χ0v) is 12.4. The van der Waals surface area contributed by atoms with E-state index in [0.717, 1.165) is 19.3 Å². The van der Waals surface area contributed by atoms with Gasteiger partial charge in [0.1, 0.15) is 5.60 Å². The van der Waals surface area contributed by atoms with Crippen LogP contribution < -0.4 is 5.32 Å². The van der Waals surface area contributed by atoms with Gasteiger partial charge in [-0.3, -0.25) is 0 Å². The summed E-state index contributed by atoms with van der Waals surface area (Å²) in [5.41, 5.74) is 0.783. The van der Waals surface area contributed by atoms with Crippen molar-refractivity contribution in [3.8, 4) is 0 Å². The van der Waals surface area contributed by atoms with E-state index in [9.17, 15) is 4.79 Å². The zero-order chi connectivity index (χ0) is 14.3. The van der Waals surface area contributed by atoms with Crippen LogP contribution in [0, 0.1) is 0 Å². The van der Waals surface area contributed by atoms with E-state index >= 15 is 0 Å². The Kier molecular flexibility index (Phi) is 5.87. The molecule has 0 radical (unpaired) electrons. The molecule has 1 rings (SSSR count). The van der Waals surface area contributed by atoms with Crippen LogP contribution >= 0.6 is 0 Å². The van der Waals surface area contributed by atoms with E-state index in [4.69, 9.17) is 4.74 Å². The molecule has 3 nitrogen and oxygen atoms in total. The minimum absolute atomic E-state index is 0.127. The molecule has 0 bridgehead atoms. The lowest BCUT2D eigenvalue weighted by molar-refractivity contribution is 0.0501. The number of rotatable bonds is 5. The third kappa shape index (κ3) is 6.85. The summed E-state index contributed by atoms with van der Waals surface area (Å²) in [5, 5.41) is 2.96. The van der Waals surface area contributed by atoms with Crippen molar-refractivity contribution in [3.05, 3.63) is 35.9 Å². The average molecular weight is 263 g/mol. The molecule has 0 heterocycles. The molecule has 1 N–H and O–H groups in total. The van der Waals surface area contributed by atoms with Gasteiger partial charge < -0.3 is 10.1 Å². The topological polar surface area (TPSA) is 38.3 Å². The predicted molar refractivity (Wildman–Crippen MR) is 78.2 cm³/mol. The SMILES string of the molecule is CCCC(Cc1ccccc1)NC(=O)OC(C)(C)C. The molecule has 19 heavy (non-hydrogen) atoms. The highest BCUT2D eigenvalue weighted by Gasteiger charge is 2.19. The number of alkyl carbamates (subject to hydrolysis) is 1. The first-order valence-electron chi connectivity index (χ1n) is 6.94. The molecular formula is C16H25NO2. The van der Waals surface area contributed by atoms with E-state index < -0.39 is 5.60 Å². The normalized spacial score (nSPS) is 12.8. The average Bonchev–Trinajstić information content (AvgIpc) is 2.27. The van der Waals surface area contributed by atoms with Gasteiger partial charge in [-0.1, -0.05) is 43.7 Å². The Bertz CT molecular complexity index is 381. The zero-order valence-electron chi connectivity index (χ0n) is 12.4. The van der Waals surface area contributed by atoms with E-state index in [0.29, 0.717) is 0 Å². The van der Waals surface area contributed by atoms with Gasteiger partial charge >= 0.3 is 6.09 Å². The van der Waals surface area contributed by atoms with Gasteiger partial charge in [0.05, 0.1) is 0 Å². The minimum Gasteiger partial charge on any atom is -0.444 e. The molecule has 0 aromatic heterocycles. The molecular weight excluding hydrogens is 238 g/mol. The highest BCUT2D eigenvalue weighted by atomic mass is 16.6. The van der Waals surface area contributed by atoms with Crippen LogP contribution in [0.15, 0.2) is 30.3 Å².